The van der Waals surface area contributed by atoms with Crippen molar-refractivity contribution in [3.63, 3.8) is 0 Å². The van der Waals surface area contributed by atoms with Gasteiger partial charge in [-0.1, -0.05) is 36.7 Å². The summed E-state index contributed by atoms with van der Waals surface area (Å²) in [5.74, 6) is 0.426. The van der Waals surface area contributed by atoms with Gasteiger partial charge in [-0.05, 0) is 18.2 Å². The van der Waals surface area contributed by atoms with Crippen molar-refractivity contribution >= 4 is 29.1 Å². The molecule has 1 atom stereocenters. The molecule has 0 bridgehead atoms. The van der Waals surface area contributed by atoms with E-state index < -0.39 is 0 Å². The first kappa shape index (κ1) is 16.5. The first-order chi connectivity index (χ1) is 11.4. The topological polar surface area (TPSA) is 75.4 Å². The number of amides is 2. The van der Waals surface area contributed by atoms with Gasteiger partial charge in [-0.15, -0.1) is 0 Å². The maximum atomic E-state index is 12.3. The largest absolute Gasteiger partial charge is 0.360 e. The zero-order valence-corrected chi connectivity index (χ0v) is 14.2. The minimum atomic E-state index is -0.337. The third-order valence-corrected chi connectivity index (χ3v) is 4.15. The lowest BCUT2D eigenvalue weighted by Crippen LogP contribution is -2.37. The van der Waals surface area contributed by atoms with Crippen LogP contribution in [0.1, 0.15) is 42.4 Å². The number of benzene rings is 1. The first-order valence-corrected chi connectivity index (χ1v) is 8.15. The Morgan fingerprint density at radius 3 is 2.88 bits per heavy atom. The second kappa shape index (κ2) is 6.65. The van der Waals surface area contributed by atoms with Crippen molar-refractivity contribution < 1.29 is 14.1 Å². The maximum Gasteiger partial charge on any atom is 0.273 e. The van der Waals surface area contributed by atoms with E-state index in [2.05, 4.69) is 10.5 Å². The van der Waals surface area contributed by atoms with Crippen LogP contribution < -0.4 is 10.2 Å². The fourth-order valence-corrected chi connectivity index (χ4v) is 2.81. The molecular formula is C17H18ClN3O3. The molecule has 126 valence electrons. The van der Waals surface area contributed by atoms with Gasteiger partial charge in [0.05, 0.1) is 6.04 Å². The molecule has 3 rings (SSSR count). The van der Waals surface area contributed by atoms with Crippen LogP contribution in [0.4, 0.5) is 5.69 Å². The van der Waals surface area contributed by atoms with E-state index in [4.69, 9.17) is 16.1 Å². The van der Waals surface area contributed by atoms with Gasteiger partial charge in [0.25, 0.3) is 5.91 Å². The minimum absolute atomic E-state index is 0.0504. The summed E-state index contributed by atoms with van der Waals surface area (Å²) in [6.07, 6.45) is 0.243. The van der Waals surface area contributed by atoms with Crippen LogP contribution in [0.5, 0.6) is 0 Å². The molecule has 1 aliphatic heterocycles. The molecule has 1 fully saturated rings. The van der Waals surface area contributed by atoms with Gasteiger partial charge >= 0.3 is 0 Å². The summed E-state index contributed by atoms with van der Waals surface area (Å²) >= 11 is 5.97. The zero-order valence-electron chi connectivity index (χ0n) is 13.5. The van der Waals surface area contributed by atoms with E-state index in [-0.39, 0.29) is 35.9 Å². The highest BCUT2D eigenvalue weighted by atomic mass is 35.5. The molecule has 24 heavy (non-hydrogen) atoms. The molecule has 1 aliphatic rings. The van der Waals surface area contributed by atoms with Gasteiger partial charge in [0, 0.05) is 35.7 Å². The molecule has 0 aliphatic carbocycles. The number of nitrogens with zero attached hydrogens (tertiary/aromatic N) is 2. The van der Waals surface area contributed by atoms with Gasteiger partial charge in [-0.25, -0.2) is 0 Å². The van der Waals surface area contributed by atoms with Crippen LogP contribution in [0.2, 0.25) is 5.02 Å². The highest BCUT2D eigenvalue weighted by Crippen LogP contribution is 2.24. The zero-order chi connectivity index (χ0) is 17.3. The Balaban J connectivity index is 1.66. The quantitative estimate of drug-likeness (QED) is 0.922. The SMILES string of the molecule is CC(C)c1cc(C(=O)NC2CC(=O)N(c3cccc(Cl)c3)C2)no1. The van der Waals surface area contributed by atoms with Gasteiger partial charge in [-0.2, -0.15) is 0 Å². The molecule has 2 heterocycles. The third kappa shape index (κ3) is 3.43. The second-order valence-corrected chi connectivity index (χ2v) is 6.56. The molecule has 1 saturated heterocycles. The average Bonchev–Trinajstić information content (AvgIpc) is 3.14. The van der Waals surface area contributed by atoms with Crippen molar-refractivity contribution in [2.75, 3.05) is 11.4 Å². The van der Waals surface area contributed by atoms with Crippen LogP contribution in [0.15, 0.2) is 34.9 Å². The number of hydrogen-bond donors (Lipinski definition) is 1. The Morgan fingerprint density at radius 2 is 2.21 bits per heavy atom. The molecule has 1 aromatic heterocycles. The van der Waals surface area contributed by atoms with E-state index in [0.29, 0.717) is 17.3 Å². The number of anilines is 1. The van der Waals surface area contributed by atoms with Crippen molar-refractivity contribution in [3.8, 4) is 0 Å². The first-order valence-electron chi connectivity index (χ1n) is 7.77. The Bertz CT molecular complexity index is 772. The van der Waals surface area contributed by atoms with Gasteiger partial charge < -0.3 is 14.7 Å². The summed E-state index contributed by atoms with van der Waals surface area (Å²) in [6.45, 7) is 4.32. The summed E-state index contributed by atoms with van der Waals surface area (Å²) < 4.78 is 5.13. The molecule has 1 N–H and O–H groups in total. The number of nitrogens with one attached hydrogen (secondary N) is 1. The van der Waals surface area contributed by atoms with Gasteiger partial charge in [0.15, 0.2) is 5.69 Å². The van der Waals surface area contributed by atoms with E-state index >= 15 is 0 Å². The molecule has 2 aromatic rings. The van der Waals surface area contributed by atoms with Crippen molar-refractivity contribution in [1.82, 2.24) is 10.5 Å². The van der Waals surface area contributed by atoms with E-state index in [1.807, 2.05) is 19.9 Å². The Kier molecular flexibility index (Phi) is 4.57. The third-order valence-electron chi connectivity index (χ3n) is 3.91. The number of carbonyl (C=O) groups excluding carboxylic acids is 2. The van der Waals surface area contributed by atoms with Crippen LogP contribution in [0.3, 0.4) is 0 Å². The van der Waals surface area contributed by atoms with Crippen molar-refractivity contribution in [3.05, 3.63) is 46.8 Å². The van der Waals surface area contributed by atoms with Gasteiger partial charge in [-0.3, -0.25) is 9.59 Å². The van der Waals surface area contributed by atoms with Gasteiger partial charge in [0.1, 0.15) is 5.76 Å². The summed E-state index contributed by atoms with van der Waals surface area (Å²) in [5, 5.41) is 7.19. The second-order valence-electron chi connectivity index (χ2n) is 6.13. The highest BCUT2D eigenvalue weighted by Gasteiger charge is 2.32. The standard InChI is InChI=1S/C17H18ClN3O3/c1-10(2)15-8-14(20-24-15)17(23)19-12-7-16(22)21(9-12)13-5-3-4-11(18)6-13/h3-6,8,10,12H,7,9H2,1-2H3,(H,19,23). The molecule has 0 spiro atoms. The van der Waals surface area contributed by atoms with Crippen LogP contribution in [-0.4, -0.2) is 29.6 Å². The van der Waals surface area contributed by atoms with Crippen LogP contribution in [-0.2, 0) is 4.79 Å². The number of hydrogen-bond acceptors (Lipinski definition) is 4. The number of aromatic nitrogens is 1. The summed E-state index contributed by atoms with van der Waals surface area (Å²) in [7, 11) is 0. The molecule has 1 aromatic carbocycles. The van der Waals surface area contributed by atoms with E-state index in [0.717, 1.165) is 5.69 Å². The Hall–Kier alpha value is -2.34. The maximum absolute atomic E-state index is 12.3. The van der Waals surface area contributed by atoms with Crippen molar-refractivity contribution in [1.29, 1.82) is 0 Å². The predicted molar refractivity (Wildman–Crippen MR) is 90.3 cm³/mol. The van der Waals surface area contributed by atoms with Crippen LogP contribution in [0.25, 0.3) is 0 Å². The molecule has 6 nitrogen and oxygen atoms in total. The van der Waals surface area contributed by atoms with Crippen LogP contribution in [0, 0.1) is 0 Å². The smallest absolute Gasteiger partial charge is 0.273 e. The highest BCUT2D eigenvalue weighted by molar-refractivity contribution is 6.30. The van der Waals surface area contributed by atoms with E-state index in [1.165, 1.54) is 0 Å². The minimum Gasteiger partial charge on any atom is -0.360 e. The van der Waals surface area contributed by atoms with Crippen LogP contribution >= 0.6 is 11.6 Å². The fourth-order valence-electron chi connectivity index (χ4n) is 2.63. The molecular weight excluding hydrogens is 330 g/mol. The molecule has 7 heteroatoms. The average molecular weight is 348 g/mol. The lowest BCUT2D eigenvalue weighted by atomic mass is 10.1. The normalized spacial score (nSPS) is 17.6. The summed E-state index contributed by atoms with van der Waals surface area (Å²) in [4.78, 5) is 26.1. The van der Waals surface area contributed by atoms with E-state index in [1.54, 1.807) is 29.2 Å². The monoisotopic (exact) mass is 347 g/mol. The number of halogens is 1. The Labute approximate surface area is 144 Å². The lowest BCUT2D eigenvalue weighted by Gasteiger charge is -2.17. The molecule has 0 saturated carbocycles. The molecule has 2 amide bonds. The Morgan fingerprint density at radius 1 is 1.42 bits per heavy atom. The van der Waals surface area contributed by atoms with E-state index in [9.17, 15) is 9.59 Å². The lowest BCUT2D eigenvalue weighted by molar-refractivity contribution is -0.117. The van der Waals surface area contributed by atoms with Gasteiger partial charge in [0.2, 0.25) is 5.91 Å². The van der Waals surface area contributed by atoms with Crippen molar-refractivity contribution in [2.45, 2.75) is 32.2 Å². The molecule has 0 radical (unpaired) electrons. The number of rotatable bonds is 4. The summed E-state index contributed by atoms with van der Waals surface area (Å²) in [6, 6.07) is 8.45. The number of carbonyl (C=O) groups is 2. The predicted octanol–water partition coefficient (Wildman–Crippen LogP) is 2.99. The molecule has 1 unspecified atom stereocenters. The summed E-state index contributed by atoms with van der Waals surface area (Å²) in [5.41, 5.74) is 0.958. The van der Waals surface area contributed by atoms with Crippen molar-refractivity contribution in [2.24, 2.45) is 0 Å². The fraction of sp³-hybridized carbons (Fsp3) is 0.353.